The fourth-order valence-electron chi connectivity index (χ4n) is 4.19. The first-order valence-corrected chi connectivity index (χ1v) is 11.8. The van der Waals surface area contributed by atoms with E-state index < -0.39 is 11.8 Å². The van der Waals surface area contributed by atoms with Gasteiger partial charge in [0.2, 0.25) is 0 Å². The number of anilines is 2. The number of pyridine rings is 1. The quantitative estimate of drug-likeness (QED) is 0.509. The molecule has 2 amide bonds. The molecule has 1 fully saturated rings. The summed E-state index contributed by atoms with van der Waals surface area (Å²) in [7, 11) is 0. The van der Waals surface area contributed by atoms with Crippen molar-refractivity contribution in [1.82, 2.24) is 15.2 Å². The Kier molecular flexibility index (Phi) is 7.94. The van der Waals surface area contributed by atoms with Crippen LogP contribution in [0.3, 0.4) is 0 Å². The van der Waals surface area contributed by atoms with E-state index in [1.807, 2.05) is 30.0 Å². The van der Waals surface area contributed by atoms with E-state index in [0.29, 0.717) is 42.6 Å². The zero-order valence-electron chi connectivity index (χ0n) is 19.4. The molecule has 1 atom stereocenters. The molecule has 0 saturated carbocycles. The van der Waals surface area contributed by atoms with E-state index in [0.717, 1.165) is 11.1 Å². The van der Waals surface area contributed by atoms with E-state index in [1.54, 1.807) is 42.7 Å². The number of aromatic nitrogens is 1. The van der Waals surface area contributed by atoms with E-state index in [4.69, 9.17) is 11.6 Å². The lowest BCUT2D eigenvalue weighted by molar-refractivity contribution is -0.136. The van der Waals surface area contributed by atoms with Crippen LogP contribution in [-0.4, -0.2) is 54.4 Å². The number of rotatable bonds is 6. The maximum absolute atomic E-state index is 14.2. The summed E-state index contributed by atoms with van der Waals surface area (Å²) in [6, 6.07) is 15.5. The van der Waals surface area contributed by atoms with E-state index in [9.17, 15) is 14.0 Å². The Bertz CT molecular complexity index is 1190. The molecule has 7 nitrogen and oxygen atoms in total. The molecule has 9 heteroatoms. The van der Waals surface area contributed by atoms with E-state index in [1.165, 1.54) is 6.07 Å². The molecule has 1 aliphatic heterocycles. The zero-order valence-corrected chi connectivity index (χ0v) is 20.1. The van der Waals surface area contributed by atoms with Crippen LogP contribution in [0.25, 0.3) is 0 Å². The monoisotopic (exact) mass is 495 g/mol. The van der Waals surface area contributed by atoms with Gasteiger partial charge in [0.25, 0.3) is 0 Å². The molecule has 0 bridgehead atoms. The number of para-hydroxylation sites is 1. The Balaban J connectivity index is 1.40. The topological polar surface area (TPSA) is 77.6 Å². The Morgan fingerprint density at radius 3 is 2.54 bits per heavy atom. The highest BCUT2D eigenvalue weighted by atomic mass is 35.5. The van der Waals surface area contributed by atoms with Gasteiger partial charge < -0.3 is 15.5 Å². The first-order chi connectivity index (χ1) is 16.9. The number of benzene rings is 2. The van der Waals surface area contributed by atoms with Gasteiger partial charge in [0.15, 0.2) is 0 Å². The number of hydrogen-bond acceptors (Lipinski definition) is 5. The normalized spacial score (nSPS) is 14.9. The van der Waals surface area contributed by atoms with Gasteiger partial charge in [0.05, 0.1) is 11.7 Å². The second-order valence-electron chi connectivity index (χ2n) is 8.40. The van der Waals surface area contributed by atoms with Crippen LogP contribution < -0.4 is 15.5 Å². The highest BCUT2D eigenvalue weighted by molar-refractivity contribution is 6.40. The smallest absolute Gasteiger partial charge is 0.313 e. The number of amides is 2. The zero-order chi connectivity index (χ0) is 24.8. The molecule has 1 aliphatic rings. The molecule has 0 spiro atoms. The van der Waals surface area contributed by atoms with Crippen molar-refractivity contribution in [2.24, 2.45) is 0 Å². The lowest BCUT2D eigenvalue weighted by atomic mass is 10.1. The van der Waals surface area contributed by atoms with Crippen molar-refractivity contribution >= 4 is 34.8 Å². The van der Waals surface area contributed by atoms with Crippen molar-refractivity contribution in [2.45, 2.75) is 13.0 Å². The number of piperazine rings is 1. The van der Waals surface area contributed by atoms with Crippen molar-refractivity contribution in [3.63, 3.8) is 0 Å². The minimum Gasteiger partial charge on any atom is -0.367 e. The predicted octanol–water partition coefficient (Wildman–Crippen LogP) is 3.80. The summed E-state index contributed by atoms with van der Waals surface area (Å²) in [6.07, 6.45) is 3.45. The summed E-state index contributed by atoms with van der Waals surface area (Å²) in [4.78, 5) is 33.5. The second kappa shape index (κ2) is 11.3. The fraction of sp³-hybridized carbons (Fsp3) is 0.269. The van der Waals surface area contributed by atoms with Gasteiger partial charge in [-0.2, -0.15) is 0 Å². The molecule has 182 valence electrons. The number of hydrogen-bond donors (Lipinski definition) is 2. The lowest BCUT2D eigenvalue weighted by Crippen LogP contribution is -2.50. The van der Waals surface area contributed by atoms with Gasteiger partial charge >= 0.3 is 11.8 Å². The number of aryl methyl sites for hydroxylation is 1. The second-order valence-corrected chi connectivity index (χ2v) is 8.84. The number of nitrogens with one attached hydrogen (secondary N) is 2. The van der Waals surface area contributed by atoms with Gasteiger partial charge in [-0.3, -0.25) is 19.5 Å². The SMILES string of the molecule is Cc1ccc(Cl)cc1NC(=O)C(=O)NC[C@H](c1cccnc1)N1CCN(c2ccccc2F)CC1. The van der Waals surface area contributed by atoms with E-state index in [-0.39, 0.29) is 18.4 Å². The Morgan fingerprint density at radius 2 is 1.83 bits per heavy atom. The van der Waals surface area contributed by atoms with Crippen LogP contribution in [0.2, 0.25) is 5.02 Å². The lowest BCUT2D eigenvalue weighted by Gasteiger charge is -2.40. The van der Waals surface area contributed by atoms with Gasteiger partial charge in [-0.15, -0.1) is 0 Å². The first-order valence-electron chi connectivity index (χ1n) is 11.4. The Morgan fingerprint density at radius 1 is 1.06 bits per heavy atom. The maximum atomic E-state index is 14.2. The van der Waals surface area contributed by atoms with Crippen molar-refractivity contribution in [3.8, 4) is 0 Å². The van der Waals surface area contributed by atoms with Crippen molar-refractivity contribution in [1.29, 1.82) is 0 Å². The van der Waals surface area contributed by atoms with Gasteiger partial charge in [-0.05, 0) is 48.4 Å². The number of nitrogens with zero attached hydrogens (tertiary/aromatic N) is 3. The van der Waals surface area contributed by atoms with Gasteiger partial charge in [0.1, 0.15) is 5.82 Å². The fourth-order valence-corrected chi connectivity index (χ4v) is 4.36. The summed E-state index contributed by atoms with van der Waals surface area (Å²) in [6.45, 7) is 4.66. The molecule has 4 rings (SSSR count). The Labute approximate surface area is 208 Å². The largest absolute Gasteiger partial charge is 0.367 e. The standard InChI is InChI=1S/C26H27ClFN5O2/c1-18-8-9-20(27)15-22(18)31-26(35)25(34)30-17-24(19-5-4-10-29-16-19)33-13-11-32(12-14-33)23-7-3-2-6-21(23)28/h2-10,15-16,24H,11-14,17H2,1H3,(H,30,34)(H,31,35)/t24-/m1/s1. The van der Waals surface area contributed by atoms with Crippen LogP contribution in [0.5, 0.6) is 0 Å². The maximum Gasteiger partial charge on any atom is 0.313 e. The minimum atomic E-state index is -0.760. The third kappa shape index (κ3) is 6.15. The van der Waals surface area contributed by atoms with Crippen LogP contribution in [-0.2, 0) is 9.59 Å². The van der Waals surface area contributed by atoms with Crippen LogP contribution in [0.4, 0.5) is 15.8 Å². The predicted molar refractivity (Wildman–Crippen MR) is 135 cm³/mol. The number of carbonyl (C=O) groups is 2. The minimum absolute atomic E-state index is 0.184. The molecule has 0 unspecified atom stereocenters. The molecule has 0 radical (unpaired) electrons. The van der Waals surface area contributed by atoms with Crippen LogP contribution >= 0.6 is 11.6 Å². The molecule has 2 aromatic carbocycles. The van der Waals surface area contributed by atoms with Gasteiger partial charge in [0, 0.05) is 55.8 Å². The number of carbonyl (C=O) groups excluding carboxylic acids is 2. The molecular weight excluding hydrogens is 469 g/mol. The highest BCUT2D eigenvalue weighted by Gasteiger charge is 2.27. The first kappa shape index (κ1) is 24.6. The molecule has 0 aliphatic carbocycles. The summed E-state index contributed by atoms with van der Waals surface area (Å²) in [5.74, 6) is -1.73. The molecule has 35 heavy (non-hydrogen) atoms. The van der Waals surface area contributed by atoms with Gasteiger partial charge in [-0.1, -0.05) is 35.9 Å². The molecule has 3 aromatic rings. The van der Waals surface area contributed by atoms with Gasteiger partial charge in [-0.25, -0.2) is 4.39 Å². The molecule has 1 saturated heterocycles. The van der Waals surface area contributed by atoms with Crippen molar-refractivity contribution < 1.29 is 14.0 Å². The average Bonchev–Trinajstić information content (AvgIpc) is 2.87. The molecule has 2 heterocycles. The molecule has 1 aromatic heterocycles. The third-order valence-electron chi connectivity index (χ3n) is 6.13. The van der Waals surface area contributed by atoms with Crippen LogP contribution in [0.1, 0.15) is 17.2 Å². The summed E-state index contributed by atoms with van der Waals surface area (Å²) < 4.78 is 14.2. The van der Waals surface area contributed by atoms with Crippen molar-refractivity contribution in [3.05, 3.63) is 89.0 Å². The van der Waals surface area contributed by atoms with Crippen molar-refractivity contribution in [2.75, 3.05) is 42.9 Å². The highest BCUT2D eigenvalue weighted by Crippen LogP contribution is 2.25. The summed E-state index contributed by atoms with van der Waals surface area (Å²) >= 11 is 6.01. The van der Waals surface area contributed by atoms with E-state index in [2.05, 4.69) is 20.5 Å². The summed E-state index contributed by atoms with van der Waals surface area (Å²) in [5.41, 5.74) is 2.81. The average molecular weight is 496 g/mol. The number of halogens is 2. The van der Waals surface area contributed by atoms with Crippen LogP contribution in [0.15, 0.2) is 67.0 Å². The molecule has 2 N–H and O–H groups in total. The van der Waals surface area contributed by atoms with Crippen LogP contribution in [0, 0.1) is 12.7 Å². The molecular formula is C26H27ClFN5O2. The van der Waals surface area contributed by atoms with E-state index >= 15 is 0 Å². The summed E-state index contributed by atoms with van der Waals surface area (Å²) in [5, 5.41) is 5.85. The third-order valence-corrected chi connectivity index (χ3v) is 6.36. The Hall–Kier alpha value is -3.49.